The summed E-state index contributed by atoms with van der Waals surface area (Å²) in [6, 6.07) is 7.86. The molecule has 0 fully saturated rings. The lowest BCUT2D eigenvalue weighted by molar-refractivity contribution is -0.124. The zero-order chi connectivity index (χ0) is 17.2. The maximum absolute atomic E-state index is 12.8. The number of carbonyl (C=O) groups is 1. The number of hydrogen-bond donors (Lipinski definition) is 3. The first-order valence-electron chi connectivity index (χ1n) is 7.11. The molecule has 0 unspecified atom stereocenters. The van der Waals surface area contributed by atoms with Gasteiger partial charge >= 0.3 is 0 Å². The summed E-state index contributed by atoms with van der Waals surface area (Å²) in [6.07, 6.45) is 7.73. The van der Waals surface area contributed by atoms with Crippen LogP contribution in [0, 0.1) is 0 Å². The number of carbonyl (C=O) groups excluding carboxylic acids is 1. The summed E-state index contributed by atoms with van der Waals surface area (Å²) in [7, 11) is -3.71. The number of aromatic nitrogens is 1. The minimum Gasteiger partial charge on any atom is -0.386 e. The number of fused-ring (bicyclic) bond motifs is 1. The van der Waals surface area contributed by atoms with Crippen molar-refractivity contribution >= 4 is 34.3 Å². The van der Waals surface area contributed by atoms with E-state index in [9.17, 15) is 13.2 Å². The van der Waals surface area contributed by atoms with Crippen molar-refractivity contribution in [2.75, 3.05) is 6.54 Å². The van der Waals surface area contributed by atoms with Crippen LogP contribution in [0.15, 0.2) is 47.5 Å². The first-order valence-corrected chi connectivity index (χ1v) is 8.55. The number of hydroxylamine groups is 1. The Labute approximate surface area is 138 Å². The summed E-state index contributed by atoms with van der Waals surface area (Å²) in [4.78, 5) is 11.1. The van der Waals surface area contributed by atoms with Gasteiger partial charge in [-0.05, 0) is 35.1 Å². The minimum absolute atomic E-state index is 0.142. The van der Waals surface area contributed by atoms with Crippen LogP contribution in [0.25, 0.3) is 18.4 Å². The molecule has 2 heterocycles. The molecule has 2 aromatic rings. The van der Waals surface area contributed by atoms with Crippen molar-refractivity contribution in [3.8, 4) is 0 Å². The molecule has 0 bridgehead atoms. The second-order valence-corrected chi connectivity index (χ2v) is 6.91. The Morgan fingerprint density at radius 3 is 2.71 bits per heavy atom. The molecule has 1 aromatic carbocycles. The second kappa shape index (κ2) is 6.34. The number of nitrogens with zero attached hydrogens (tertiary/aromatic N) is 1. The van der Waals surface area contributed by atoms with Crippen molar-refractivity contribution in [2.24, 2.45) is 0 Å². The van der Waals surface area contributed by atoms with E-state index in [-0.39, 0.29) is 4.90 Å². The first kappa shape index (κ1) is 16.0. The van der Waals surface area contributed by atoms with Crippen molar-refractivity contribution in [3.05, 3.63) is 58.7 Å². The molecule has 3 rings (SSSR count). The Kier molecular flexibility index (Phi) is 4.24. The average Bonchev–Trinajstić information content (AvgIpc) is 3.05. The van der Waals surface area contributed by atoms with E-state index >= 15 is 0 Å². The summed E-state index contributed by atoms with van der Waals surface area (Å²) in [5.74, 6) is -0.662. The molecular weight excluding hydrogens is 330 g/mol. The van der Waals surface area contributed by atoms with Crippen LogP contribution in [0.3, 0.4) is 0 Å². The van der Waals surface area contributed by atoms with Crippen LogP contribution in [0.2, 0.25) is 0 Å². The summed E-state index contributed by atoms with van der Waals surface area (Å²) < 4.78 is 26.8. The van der Waals surface area contributed by atoms with E-state index in [0.717, 1.165) is 11.3 Å². The van der Waals surface area contributed by atoms with E-state index in [1.807, 2.05) is 6.08 Å². The Balaban J connectivity index is 1.96. The summed E-state index contributed by atoms with van der Waals surface area (Å²) in [5.41, 5.74) is 2.11. The fourth-order valence-electron chi connectivity index (χ4n) is 2.37. The topological polar surface area (TPSA) is 100 Å². The molecule has 124 valence electrons. The predicted molar refractivity (Wildman–Crippen MR) is 88.6 cm³/mol. The number of amides is 1. The third-order valence-electron chi connectivity index (χ3n) is 3.58. The Morgan fingerprint density at radius 1 is 1.25 bits per heavy atom. The fourth-order valence-corrected chi connectivity index (χ4v) is 3.71. The number of nitrogens with one attached hydrogen (secondary N) is 2. The summed E-state index contributed by atoms with van der Waals surface area (Å²) in [5, 5.41) is 12.9. The average molecular weight is 345 g/mol. The third-order valence-corrected chi connectivity index (χ3v) is 5.28. The van der Waals surface area contributed by atoms with E-state index < -0.39 is 15.9 Å². The second-order valence-electron chi connectivity index (χ2n) is 5.09. The Hall–Kier alpha value is -2.84. The van der Waals surface area contributed by atoms with Crippen molar-refractivity contribution in [1.29, 1.82) is 0 Å². The lowest BCUT2D eigenvalue weighted by atomic mass is 10.2. The Bertz CT molecular complexity index is 1020. The highest BCUT2D eigenvalue weighted by Gasteiger charge is 2.18. The van der Waals surface area contributed by atoms with Crippen LogP contribution in [-0.2, 0) is 14.8 Å². The van der Waals surface area contributed by atoms with Gasteiger partial charge in [0.05, 0.1) is 10.2 Å². The molecule has 1 aliphatic heterocycles. The van der Waals surface area contributed by atoms with Crippen LogP contribution < -0.4 is 21.4 Å². The van der Waals surface area contributed by atoms with E-state index in [0.29, 0.717) is 17.5 Å². The molecule has 1 aromatic heterocycles. The minimum atomic E-state index is -3.71. The van der Waals surface area contributed by atoms with Crippen molar-refractivity contribution in [1.82, 2.24) is 14.8 Å². The van der Waals surface area contributed by atoms with E-state index in [1.165, 1.54) is 33.9 Å². The van der Waals surface area contributed by atoms with Gasteiger partial charge < -0.3 is 5.32 Å². The van der Waals surface area contributed by atoms with Crippen LogP contribution in [0.1, 0.15) is 5.56 Å². The standard InChI is InChI=1S/C16H15N3O4S/c20-16(18-21)6-3-12-1-4-14(5-2-12)24(22,23)19-10-8-13-7-9-17-11-15(13)19/h1-8,10-11,17,21H,9H2,(H,18,20)/b6-3+. The molecule has 8 heteroatoms. The monoisotopic (exact) mass is 345 g/mol. The van der Waals surface area contributed by atoms with Gasteiger partial charge in [-0.3, -0.25) is 10.0 Å². The zero-order valence-electron chi connectivity index (χ0n) is 12.5. The van der Waals surface area contributed by atoms with E-state index in [1.54, 1.807) is 24.4 Å². The van der Waals surface area contributed by atoms with Gasteiger partial charge in [-0.2, -0.15) is 0 Å². The zero-order valence-corrected chi connectivity index (χ0v) is 13.3. The number of hydrogen-bond acceptors (Lipinski definition) is 5. The molecule has 1 amide bonds. The van der Waals surface area contributed by atoms with Gasteiger partial charge in [0.15, 0.2) is 0 Å². The summed E-state index contributed by atoms with van der Waals surface area (Å²) in [6.45, 7) is 0.666. The molecule has 0 aliphatic carbocycles. The molecule has 0 radical (unpaired) electrons. The highest BCUT2D eigenvalue weighted by atomic mass is 32.2. The van der Waals surface area contributed by atoms with Crippen LogP contribution in [0.5, 0.6) is 0 Å². The quantitative estimate of drug-likeness (QED) is 0.389. The third kappa shape index (κ3) is 2.97. The van der Waals surface area contributed by atoms with Crippen LogP contribution in [-0.4, -0.2) is 30.0 Å². The highest BCUT2D eigenvalue weighted by Crippen LogP contribution is 2.14. The molecule has 0 saturated heterocycles. The lowest BCUT2D eigenvalue weighted by Gasteiger charge is -2.08. The molecule has 0 saturated carbocycles. The molecule has 24 heavy (non-hydrogen) atoms. The molecule has 0 spiro atoms. The van der Waals surface area contributed by atoms with Gasteiger partial charge in [0.2, 0.25) is 0 Å². The highest BCUT2D eigenvalue weighted by molar-refractivity contribution is 7.90. The van der Waals surface area contributed by atoms with Gasteiger partial charge in [0.25, 0.3) is 15.9 Å². The molecule has 7 nitrogen and oxygen atoms in total. The van der Waals surface area contributed by atoms with Gasteiger partial charge in [0.1, 0.15) is 0 Å². The SMILES string of the molecule is O=C(/C=C/c1ccc(S(=O)(=O)n2ccc3c2=CNCC=3)cc1)NO. The normalized spacial score (nSPS) is 13.5. The number of benzene rings is 1. The fraction of sp³-hybridized carbons (Fsp3) is 0.0625. The molecule has 0 atom stereocenters. The molecular formula is C16H15N3O4S. The van der Waals surface area contributed by atoms with E-state index in [2.05, 4.69) is 5.32 Å². The van der Waals surface area contributed by atoms with E-state index in [4.69, 9.17) is 5.21 Å². The Morgan fingerprint density at radius 2 is 2.00 bits per heavy atom. The summed E-state index contributed by atoms with van der Waals surface area (Å²) >= 11 is 0. The van der Waals surface area contributed by atoms with Crippen molar-refractivity contribution in [2.45, 2.75) is 4.90 Å². The predicted octanol–water partition coefficient (Wildman–Crippen LogP) is -0.635. The maximum atomic E-state index is 12.8. The smallest absolute Gasteiger partial charge is 0.268 e. The van der Waals surface area contributed by atoms with Crippen LogP contribution in [0.4, 0.5) is 0 Å². The van der Waals surface area contributed by atoms with Crippen molar-refractivity contribution < 1.29 is 18.4 Å². The first-order chi connectivity index (χ1) is 11.5. The van der Waals surface area contributed by atoms with Gasteiger partial charge in [0, 0.05) is 25.0 Å². The number of rotatable bonds is 4. The molecule has 3 N–H and O–H groups in total. The van der Waals surface area contributed by atoms with Gasteiger partial charge in [-0.1, -0.05) is 18.2 Å². The molecule has 1 aliphatic rings. The largest absolute Gasteiger partial charge is 0.386 e. The van der Waals surface area contributed by atoms with Crippen molar-refractivity contribution in [3.63, 3.8) is 0 Å². The van der Waals surface area contributed by atoms with Gasteiger partial charge in [-0.25, -0.2) is 17.9 Å². The van der Waals surface area contributed by atoms with Crippen LogP contribution >= 0.6 is 0 Å². The van der Waals surface area contributed by atoms with Gasteiger partial charge in [-0.15, -0.1) is 0 Å². The lowest BCUT2D eigenvalue weighted by Crippen LogP contribution is -2.38. The maximum Gasteiger partial charge on any atom is 0.268 e.